The van der Waals surface area contributed by atoms with Crippen LogP contribution >= 0.6 is 23.7 Å². The normalized spacial score (nSPS) is 10.9. The molecule has 7 nitrogen and oxygen atoms in total. The molecule has 0 aliphatic rings. The standard InChI is InChI=1S/C22H26N4O3S.ClH/c1-5-24(6-2)11-12-25(21(27)17-9-7-8-10-18(17)26(28)29)22-23-20-16(4)13-15(3)14-19(20)30-22;/h7-10,13-14H,5-6,11-12H2,1-4H3;1H. The number of benzene rings is 2. The molecule has 0 aliphatic carbocycles. The zero-order chi connectivity index (χ0) is 21.8. The summed E-state index contributed by atoms with van der Waals surface area (Å²) in [6, 6.07) is 10.2. The first-order valence-electron chi connectivity index (χ1n) is 10.0. The average molecular weight is 463 g/mol. The third-order valence-electron chi connectivity index (χ3n) is 5.16. The van der Waals surface area contributed by atoms with Crippen LogP contribution in [0.2, 0.25) is 0 Å². The van der Waals surface area contributed by atoms with E-state index in [4.69, 9.17) is 4.98 Å². The van der Waals surface area contributed by atoms with Gasteiger partial charge in [-0.1, -0.05) is 43.4 Å². The van der Waals surface area contributed by atoms with Crippen molar-refractivity contribution >= 4 is 50.7 Å². The molecule has 2 aromatic carbocycles. The van der Waals surface area contributed by atoms with Crippen molar-refractivity contribution in [2.24, 2.45) is 0 Å². The number of hydrogen-bond acceptors (Lipinski definition) is 6. The van der Waals surface area contributed by atoms with Gasteiger partial charge >= 0.3 is 0 Å². The molecule has 0 unspecified atom stereocenters. The molecular formula is C22H27ClN4O3S. The number of carbonyl (C=O) groups excluding carboxylic acids is 1. The maximum atomic E-state index is 13.5. The smallest absolute Gasteiger partial charge is 0.282 e. The minimum Gasteiger partial charge on any atom is -0.302 e. The summed E-state index contributed by atoms with van der Waals surface area (Å²) in [6.45, 7) is 11.0. The van der Waals surface area contributed by atoms with E-state index in [1.54, 1.807) is 17.0 Å². The Morgan fingerprint density at radius 1 is 1.13 bits per heavy atom. The SMILES string of the molecule is CCN(CC)CCN(C(=O)c1ccccc1[N+](=O)[O-])c1nc2c(C)cc(C)cc2s1.Cl. The first kappa shape index (κ1) is 24.7. The van der Waals surface area contributed by atoms with Gasteiger partial charge in [-0.3, -0.25) is 19.8 Å². The zero-order valence-corrected chi connectivity index (χ0v) is 19.8. The number of anilines is 1. The summed E-state index contributed by atoms with van der Waals surface area (Å²) in [5, 5.41) is 12.0. The highest BCUT2D eigenvalue weighted by molar-refractivity contribution is 7.22. The average Bonchev–Trinajstić information content (AvgIpc) is 3.15. The molecule has 1 amide bonds. The number of nitrogens with zero attached hydrogens (tertiary/aromatic N) is 4. The molecule has 0 spiro atoms. The summed E-state index contributed by atoms with van der Waals surface area (Å²) in [6.07, 6.45) is 0. The van der Waals surface area contributed by atoms with Gasteiger partial charge in [-0.25, -0.2) is 4.98 Å². The number of amides is 1. The monoisotopic (exact) mass is 462 g/mol. The number of thiazole rings is 1. The van der Waals surface area contributed by atoms with Gasteiger partial charge in [-0.05, 0) is 50.2 Å². The zero-order valence-electron chi connectivity index (χ0n) is 18.1. The molecule has 9 heteroatoms. The van der Waals surface area contributed by atoms with E-state index in [1.807, 2.05) is 13.8 Å². The van der Waals surface area contributed by atoms with Crippen molar-refractivity contribution in [1.29, 1.82) is 0 Å². The molecule has 0 aliphatic heterocycles. The Kier molecular flexibility index (Phi) is 8.50. The lowest BCUT2D eigenvalue weighted by Gasteiger charge is -2.24. The van der Waals surface area contributed by atoms with Crippen LogP contribution in [-0.2, 0) is 0 Å². The molecule has 3 rings (SSSR count). The van der Waals surface area contributed by atoms with E-state index in [0.29, 0.717) is 18.2 Å². The molecule has 0 bridgehead atoms. The van der Waals surface area contributed by atoms with Crippen molar-refractivity contribution in [2.45, 2.75) is 27.7 Å². The second kappa shape index (κ2) is 10.7. The summed E-state index contributed by atoms with van der Waals surface area (Å²) >= 11 is 1.44. The number of likely N-dealkylation sites (N-methyl/N-ethyl adjacent to an activating group) is 1. The molecule has 0 saturated carbocycles. The molecule has 0 radical (unpaired) electrons. The summed E-state index contributed by atoms with van der Waals surface area (Å²) in [5.74, 6) is -0.400. The van der Waals surface area contributed by atoms with Crippen molar-refractivity contribution in [2.75, 3.05) is 31.1 Å². The maximum absolute atomic E-state index is 13.5. The van der Waals surface area contributed by atoms with Crippen LogP contribution in [0.4, 0.5) is 10.8 Å². The number of para-hydroxylation sites is 1. The molecule has 166 valence electrons. The van der Waals surface area contributed by atoms with E-state index >= 15 is 0 Å². The number of aromatic nitrogens is 1. The second-order valence-electron chi connectivity index (χ2n) is 7.18. The quantitative estimate of drug-likeness (QED) is 0.338. The van der Waals surface area contributed by atoms with Gasteiger partial charge in [0.1, 0.15) is 5.56 Å². The first-order valence-corrected chi connectivity index (χ1v) is 10.8. The van der Waals surface area contributed by atoms with Gasteiger partial charge in [0.25, 0.3) is 11.6 Å². The van der Waals surface area contributed by atoms with Gasteiger partial charge in [0.15, 0.2) is 5.13 Å². The Hall–Kier alpha value is -2.55. The van der Waals surface area contributed by atoms with Gasteiger partial charge in [0, 0.05) is 19.2 Å². The van der Waals surface area contributed by atoms with Crippen molar-refractivity contribution in [3.8, 4) is 0 Å². The van der Waals surface area contributed by atoms with Crippen LogP contribution in [0.5, 0.6) is 0 Å². The highest BCUT2D eigenvalue weighted by Crippen LogP contribution is 2.33. The Bertz CT molecular complexity index is 1080. The first-order chi connectivity index (χ1) is 14.3. The fraction of sp³-hybridized carbons (Fsp3) is 0.364. The van der Waals surface area contributed by atoms with E-state index in [2.05, 4.69) is 30.9 Å². The lowest BCUT2D eigenvalue weighted by atomic mass is 10.1. The van der Waals surface area contributed by atoms with Crippen LogP contribution in [0, 0.1) is 24.0 Å². The molecule has 0 N–H and O–H groups in total. The summed E-state index contributed by atoms with van der Waals surface area (Å²) in [5.41, 5.74) is 2.94. The number of fused-ring (bicyclic) bond motifs is 1. The van der Waals surface area contributed by atoms with Crippen molar-refractivity contribution < 1.29 is 9.72 Å². The van der Waals surface area contributed by atoms with E-state index in [0.717, 1.165) is 34.4 Å². The van der Waals surface area contributed by atoms with Gasteiger partial charge in [-0.2, -0.15) is 0 Å². The third kappa shape index (κ3) is 5.39. The number of rotatable bonds is 8. The van der Waals surface area contributed by atoms with Crippen molar-refractivity contribution in [3.63, 3.8) is 0 Å². The fourth-order valence-corrected chi connectivity index (χ4v) is 4.66. The Labute approximate surface area is 192 Å². The van der Waals surface area contributed by atoms with Crippen LogP contribution < -0.4 is 4.90 Å². The highest BCUT2D eigenvalue weighted by atomic mass is 35.5. The van der Waals surface area contributed by atoms with Crippen LogP contribution in [0.15, 0.2) is 36.4 Å². The van der Waals surface area contributed by atoms with E-state index in [-0.39, 0.29) is 23.7 Å². The molecule has 31 heavy (non-hydrogen) atoms. The molecule has 0 fully saturated rings. The van der Waals surface area contributed by atoms with Gasteiger partial charge in [0.2, 0.25) is 0 Å². The van der Waals surface area contributed by atoms with E-state index in [1.165, 1.54) is 23.5 Å². The topological polar surface area (TPSA) is 79.6 Å². The van der Waals surface area contributed by atoms with Crippen LogP contribution in [0.3, 0.4) is 0 Å². The Morgan fingerprint density at radius 3 is 2.45 bits per heavy atom. The predicted molar refractivity (Wildman–Crippen MR) is 129 cm³/mol. The van der Waals surface area contributed by atoms with Crippen LogP contribution in [0.1, 0.15) is 35.3 Å². The highest BCUT2D eigenvalue weighted by Gasteiger charge is 2.27. The number of hydrogen-bond donors (Lipinski definition) is 0. The molecule has 1 aromatic heterocycles. The Morgan fingerprint density at radius 2 is 1.81 bits per heavy atom. The number of nitro groups is 1. The van der Waals surface area contributed by atoms with Crippen molar-refractivity contribution in [1.82, 2.24) is 9.88 Å². The molecule has 0 atom stereocenters. The van der Waals surface area contributed by atoms with E-state index in [9.17, 15) is 14.9 Å². The van der Waals surface area contributed by atoms with Gasteiger partial charge in [-0.15, -0.1) is 12.4 Å². The summed E-state index contributed by atoms with van der Waals surface area (Å²) in [7, 11) is 0. The van der Waals surface area contributed by atoms with Gasteiger partial charge in [0.05, 0.1) is 15.1 Å². The molecule has 3 aromatic rings. The molecule has 1 heterocycles. The predicted octanol–water partition coefficient (Wildman–Crippen LogP) is 5.23. The lowest BCUT2D eigenvalue weighted by Crippen LogP contribution is -2.39. The summed E-state index contributed by atoms with van der Waals surface area (Å²) < 4.78 is 1.01. The molecular weight excluding hydrogens is 436 g/mol. The maximum Gasteiger partial charge on any atom is 0.282 e. The van der Waals surface area contributed by atoms with Crippen LogP contribution in [0.25, 0.3) is 10.2 Å². The number of aryl methyl sites for hydroxylation is 2. The molecule has 0 saturated heterocycles. The fourth-order valence-electron chi connectivity index (χ4n) is 3.50. The number of nitro benzene ring substituents is 1. The summed E-state index contributed by atoms with van der Waals surface area (Å²) in [4.78, 5) is 33.0. The van der Waals surface area contributed by atoms with E-state index < -0.39 is 10.8 Å². The van der Waals surface area contributed by atoms with Crippen LogP contribution in [-0.4, -0.2) is 46.9 Å². The van der Waals surface area contributed by atoms with Crippen molar-refractivity contribution in [3.05, 3.63) is 63.2 Å². The largest absolute Gasteiger partial charge is 0.302 e. The van der Waals surface area contributed by atoms with Gasteiger partial charge < -0.3 is 4.90 Å². The number of carbonyl (C=O) groups is 1. The minimum absolute atomic E-state index is 0. The third-order valence-corrected chi connectivity index (χ3v) is 6.19. The Balaban J connectivity index is 0.00000341. The second-order valence-corrected chi connectivity index (χ2v) is 8.19. The lowest BCUT2D eigenvalue weighted by molar-refractivity contribution is -0.385. The minimum atomic E-state index is -0.512. The number of halogens is 1.